The van der Waals surface area contributed by atoms with Crippen molar-refractivity contribution in [3.63, 3.8) is 0 Å². The molecule has 0 saturated carbocycles. The summed E-state index contributed by atoms with van der Waals surface area (Å²) in [6.07, 6.45) is -4.60. The van der Waals surface area contributed by atoms with Crippen LogP contribution in [0.25, 0.3) is 0 Å². The summed E-state index contributed by atoms with van der Waals surface area (Å²) < 4.78 is 39.6. The van der Waals surface area contributed by atoms with Gasteiger partial charge in [-0.15, -0.1) is 0 Å². The summed E-state index contributed by atoms with van der Waals surface area (Å²) in [5.74, 6) is -1.71. The zero-order valence-corrected chi connectivity index (χ0v) is 15.7. The summed E-state index contributed by atoms with van der Waals surface area (Å²) in [4.78, 5) is 25.5. The van der Waals surface area contributed by atoms with Gasteiger partial charge < -0.3 is 5.32 Å². The number of anilines is 2. The van der Waals surface area contributed by atoms with E-state index in [1.54, 1.807) is 24.3 Å². The van der Waals surface area contributed by atoms with E-state index in [4.69, 9.17) is 11.6 Å². The number of benzene rings is 2. The lowest BCUT2D eigenvalue weighted by Crippen LogP contribution is -2.32. The minimum Gasteiger partial charge on any atom is -0.350 e. The molecule has 3 rings (SSSR count). The Kier molecular flexibility index (Phi) is 4.98. The largest absolute Gasteiger partial charge is 0.416 e. The van der Waals surface area contributed by atoms with E-state index in [0.717, 1.165) is 21.8 Å². The lowest BCUT2D eigenvalue weighted by atomic mass is 10.2. The van der Waals surface area contributed by atoms with Crippen LogP contribution in [0.2, 0.25) is 0 Å². The van der Waals surface area contributed by atoms with Crippen LogP contribution < -0.4 is 10.2 Å². The molecule has 1 N–H and O–H groups in total. The van der Waals surface area contributed by atoms with Gasteiger partial charge >= 0.3 is 6.18 Å². The second-order valence-corrected chi connectivity index (χ2v) is 6.94. The minimum absolute atomic E-state index is 0.185. The second kappa shape index (κ2) is 6.92. The molecule has 0 bridgehead atoms. The fourth-order valence-electron chi connectivity index (χ4n) is 2.34. The number of nitrogens with one attached hydrogen (secondary N) is 1. The highest BCUT2D eigenvalue weighted by Crippen LogP contribution is 2.35. The van der Waals surface area contributed by atoms with Crippen molar-refractivity contribution in [1.82, 2.24) is 0 Å². The Morgan fingerprint density at radius 1 is 1.00 bits per heavy atom. The minimum atomic E-state index is -4.60. The lowest BCUT2D eigenvalue weighted by molar-refractivity contribution is -0.137. The van der Waals surface area contributed by atoms with Crippen molar-refractivity contribution in [2.75, 3.05) is 10.2 Å². The number of hydrogen-bond acceptors (Lipinski definition) is 3. The molecule has 1 heterocycles. The van der Waals surface area contributed by atoms with E-state index in [-0.39, 0.29) is 16.4 Å². The molecule has 1 aliphatic rings. The number of carbonyl (C=O) groups is 2. The fraction of sp³-hybridized carbons (Fsp3) is 0.0588. The van der Waals surface area contributed by atoms with Crippen molar-refractivity contribution in [1.29, 1.82) is 0 Å². The van der Waals surface area contributed by atoms with E-state index in [1.807, 2.05) is 0 Å². The van der Waals surface area contributed by atoms with Gasteiger partial charge in [0, 0.05) is 9.26 Å². The van der Waals surface area contributed by atoms with E-state index in [0.29, 0.717) is 10.6 Å². The molecule has 134 valence electrons. The van der Waals surface area contributed by atoms with Crippen LogP contribution in [0.3, 0.4) is 0 Å². The first-order valence-corrected chi connectivity index (χ1v) is 8.62. The first-order valence-electron chi connectivity index (χ1n) is 7.17. The number of hydrogen-bond donors (Lipinski definition) is 1. The quantitative estimate of drug-likeness (QED) is 0.497. The topological polar surface area (TPSA) is 49.4 Å². The third kappa shape index (κ3) is 3.56. The first kappa shape index (κ1) is 18.7. The summed E-state index contributed by atoms with van der Waals surface area (Å²) in [7, 11) is 0. The Bertz CT molecular complexity index is 926. The molecule has 0 spiro atoms. The maximum atomic E-state index is 12.9. The highest BCUT2D eigenvalue weighted by molar-refractivity contribution is 14.1. The fourth-order valence-corrected chi connectivity index (χ4v) is 2.92. The van der Waals surface area contributed by atoms with Gasteiger partial charge in [0.1, 0.15) is 10.7 Å². The predicted molar refractivity (Wildman–Crippen MR) is 99.6 cm³/mol. The van der Waals surface area contributed by atoms with E-state index < -0.39 is 23.6 Å². The van der Waals surface area contributed by atoms with Crippen LogP contribution in [0.1, 0.15) is 5.56 Å². The van der Waals surface area contributed by atoms with E-state index >= 15 is 0 Å². The summed E-state index contributed by atoms with van der Waals surface area (Å²) in [6.45, 7) is 0. The Hall–Kier alpha value is -2.07. The molecular weight excluding hydrogens is 484 g/mol. The van der Waals surface area contributed by atoms with Crippen LogP contribution in [-0.2, 0) is 15.8 Å². The average Bonchev–Trinajstić information content (AvgIpc) is 2.80. The summed E-state index contributed by atoms with van der Waals surface area (Å²) >= 11 is 8.07. The standard InChI is InChI=1S/C17H9ClF3IN2O2/c18-13-14(23-11-6-4-10(22)5-7-11)16(26)24(15(13)25)12-3-1-2-9(8-12)17(19,20)21/h1-8,23H. The number of alkyl halides is 3. The summed E-state index contributed by atoms with van der Waals surface area (Å²) in [6, 6.07) is 10.9. The number of rotatable bonds is 3. The van der Waals surface area contributed by atoms with Gasteiger partial charge in [0.2, 0.25) is 0 Å². The molecule has 0 radical (unpaired) electrons. The molecule has 2 aromatic carbocycles. The smallest absolute Gasteiger partial charge is 0.350 e. The van der Waals surface area contributed by atoms with Gasteiger partial charge in [0.05, 0.1) is 11.3 Å². The molecule has 0 fully saturated rings. The maximum absolute atomic E-state index is 12.9. The summed E-state index contributed by atoms with van der Waals surface area (Å²) in [5, 5.41) is 2.37. The van der Waals surface area contributed by atoms with Crippen molar-refractivity contribution < 1.29 is 22.8 Å². The van der Waals surface area contributed by atoms with Crippen molar-refractivity contribution in [3.8, 4) is 0 Å². The first-order chi connectivity index (χ1) is 12.2. The average molecular weight is 493 g/mol. The van der Waals surface area contributed by atoms with Crippen LogP contribution in [-0.4, -0.2) is 11.8 Å². The van der Waals surface area contributed by atoms with Gasteiger partial charge in [0.25, 0.3) is 11.8 Å². The number of nitrogens with zero attached hydrogens (tertiary/aromatic N) is 1. The molecule has 0 aliphatic carbocycles. The zero-order valence-electron chi connectivity index (χ0n) is 12.8. The number of amides is 2. The van der Waals surface area contributed by atoms with Gasteiger partial charge in [-0.05, 0) is 65.1 Å². The number of halogens is 5. The number of imide groups is 1. The summed E-state index contributed by atoms with van der Waals surface area (Å²) in [5.41, 5.74) is -0.834. The Balaban J connectivity index is 1.92. The van der Waals surface area contributed by atoms with Crippen LogP contribution in [0.15, 0.2) is 59.3 Å². The van der Waals surface area contributed by atoms with Gasteiger partial charge in [-0.2, -0.15) is 13.2 Å². The molecule has 2 aromatic rings. The maximum Gasteiger partial charge on any atom is 0.416 e. The molecule has 2 amide bonds. The molecular formula is C17H9ClF3IN2O2. The van der Waals surface area contributed by atoms with Gasteiger partial charge in [-0.25, -0.2) is 4.90 Å². The predicted octanol–water partition coefficient (Wildman–Crippen LogP) is 4.75. The Labute approximate surface area is 164 Å². The Morgan fingerprint density at radius 2 is 1.65 bits per heavy atom. The van der Waals surface area contributed by atoms with Crippen molar-refractivity contribution in [3.05, 3.63) is 68.4 Å². The lowest BCUT2D eigenvalue weighted by Gasteiger charge is -2.17. The highest BCUT2D eigenvalue weighted by Gasteiger charge is 2.40. The van der Waals surface area contributed by atoms with Crippen molar-refractivity contribution in [2.45, 2.75) is 6.18 Å². The van der Waals surface area contributed by atoms with Crippen LogP contribution in [0.5, 0.6) is 0 Å². The van der Waals surface area contributed by atoms with Crippen LogP contribution >= 0.6 is 34.2 Å². The van der Waals surface area contributed by atoms with Gasteiger partial charge in [-0.1, -0.05) is 17.7 Å². The van der Waals surface area contributed by atoms with E-state index in [2.05, 4.69) is 27.9 Å². The molecule has 0 aromatic heterocycles. The second-order valence-electron chi connectivity index (χ2n) is 5.31. The zero-order chi connectivity index (χ0) is 19.1. The molecule has 0 unspecified atom stereocenters. The van der Waals surface area contributed by atoms with Gasteiger partial charge in [-0.3, -0.25) is 9.59 Å². The molecule has 4 nitrogen and oxygen atoms in total. The monoisotopic (exact) mass is 492 g/mol. The molecule has 26 heavy (non-hydrogen) atoms. The van der Waals surface area contributed by atoms with E-state index in [9.17, 15) is 22.8 Å². The third-order valence-electron chi connectivity index (χ3n) is 3.57. The van der Waals surface area contributed by atoms with Gasteiger partial charge in [0.15, 0.2) is 0 Å². The van der Waals surface area contributed by atoms with Crippen molar-refractivity contribution in [2.24, 2.45) is 0 Å². The normalized spacial score (nSPS) is 15.0. The van der Waals surface area contributed by atoms with E-state index in [1.165, 1.54) is 6.07 Å². The molecule has 9 heteroatoms. The molecule has 0 atom stereocenters. The van der Waals surface area contributed by atoms with Crippen molar-refractivity contribution >= 4 is 57.4 Å². The molecule has 0 saturated heterocycles. The third-order valence-corrected chi connectivity index (χ3v) is 4.64. The SMILES string of the molecule is O=C1C(Cl)=C(Nc2ccc(I)cc2)C(=O)N1c1cccc(C(F)(F)F)c1. The van der Waals surface area contributed by atoms with Crippen LogP contribution in [0.4, 0.5) is 24.5 Å². The highest BCUT2D eigenvalue weighted by atomic mass is 127. The molecule has 1 aliphatic heterocycles. The Morgan fingerprint density at radius 3 is 2.27 bits per heavy atom. The van der Waals surface area contributed by atoms with Crippen LogP contribution in [0, 0.1) is 3.57 Å². The number of carbonyl (C=O) groups excluding carboxylic acids is 2.